The predicted molar refractivity (Wildman–Crippen MR) is 149 cm³/mol. The van der Waals surface area contributed by atoms with Crippen LogP contribution in [0.2, 0.25) is 0 Å². The zero-order chi connectivity index (χ0) is 25.1. The van der Waals surface area contributed by atoms with E-state index in [1.807, 2.05) is 24.3 Å². The van der Waals surface area contributed by atoms with E-state index in [4.69, 9.17) is 14.5 Å². The van der Waals surface area contributed by atoms with Crippen LogP contribution in [0.5, 0.6) is 11.6 Å². The molecule has 5 nitrogen and oxygen atoms in total. The third-order valence-corrected chi connectivity index (χ3v) is 7.52. The second kappa shape index (κ2) is 8.32. The molecule has 38 heavy (non-hydrogen) atoms. The van der Waals surface area contributed by atoms with Gasteiger partial charge in [-0.05, 0) is 53.6 Å². The van der Waals surface area contributed by atoms with Crippen molar-refractivity contribution in [1.82, 2.24) is 9.55 Å². The monoisotopic (exact) mass is 493 g/mol. The molecule has 8 rings (SSSR count). The van der Waals surface area contributed by atoms with Crippen LogP contribution >= 0.6 is 0 Å². The lowest BCUT2D eigenvalue weighted by molar-refractivity contribution is 0.206. The molecule has 4 aromatic carbocycles. The van der Waals surface area contributed by atoms with Crippen LogP contribution in [0.4, 0.5) is 0 Å². The van der Waals surface area contributed by atoms with Gasteiger partial charge in [0.2, 0.25) is 11.8 Å². The van der Waals surface area contributed by atoms with Gasteiger partial charge in [0.1, 0.15) is 17.9 Å². The SMILES string of the molecule is c1ccc(Oc2ccc3c4ccccc4n(-c4cccc(C5=N[C@H]6c7ccccc7C[C@H]6O5)c4)c3c2)nc1. The van der Waals surface area contributed by atoms with Crippen molar-refractivity contribution >= 4 is 27.7 Å². The summed E-state index contributed by atoms with van der Waals surface area (Å²) in [6, 6.07) is 37.4. The Morgan fingerprint density at radius 3 is 2.58 bits per heavy atom. The van der Waals surface area contributed by atoms with Gasteiger partial charge >= 0.3 is 0 Å². The maximum Gasteiger partial charge on any atom is 0.219 e. The minimum atomic E-state index is 0.0735. The standard InChI is InChI=1S/C33H23N3O2/c1-2-11-25-21(8-1)19-30-32(25)35-33(38-30)22-9-7-10-23(18-22)36-28-13-4-3-12-26(28)27-16-15-24(20-29(27)36)37-31-14-5-6-17-34-31/h1-18,20,30,32H,19H2/t30-,32+/m1/s1. The van der Waals surface area contributed by atoms with E-state index in [1.165, 1.54) is 21.9 Å². The summed E-state index contributed by atoms with van der Waals surface area (Å²) >= 11 is 0. The van der Waals surface area contributed by atoms with E-state index in [-0.39, 0.29) is 12.1 Å². The van der Waals surface area contributed by atoms with Crippen LogP contribution in [0.1, 0.15) is 22.7 Å². The number of nitrogens with zero attached hydrogens (tertiary/aromatic N) is 3. The fourth-order valence-electron chi connectivity index (χ4n) is 5.84. The highest BCUT2D eigenvalue weighted by Gasteiger charge is 2.39. The molecule has 5 heteroatoms. The Hall–Kier alpha value is -4.90. The van der Waals surface area contributed by atoms with Gasteiger partial charge in [0.15, 0.2) is 0 Å². The number of aromatic nitrogens is 2. The highest BCUT2D eigenvalue weighted by atomic mass is 16.5. The molecule has 1 aliphatic heterocycles. The fraction of sp³-hybridized carbons (Fsp3) is 0.0909. The molecule has 2 atom stereocenters. The van der Waals surface area contributed by atoms with E-state index < -0.39 is 0 Å². The summed E-state index contributed by atoms with van der Waals surface area (Å²) < 4.78 is 14.8. The molecular formula is C33H23N3O2. The molecule has 0 radical (unpaired) electrons. The zero-order valence-electron chi connectivity index (χ0n) is 20.5. The van der Waals surface area contributed by atoms with Crippen molar-refractivity contribution in [3.63, 3.8) is 0 Å². The van der Waals surface area contributed by atoms with Crippen molar-refractivity contribution in [3.8, 4) is 17.3 Å². The molecule has 1 aliphatic carbocycles. The summed E-state index contributed by atoms with van der Waals surface area (Å²) in [4.78, 5) is 9.34. The van der Waals surface area contributed by atoms with Gasteiger partial charge in [-0.15, -0.1) is 0 Å². The van der Waals surface area contributed by atoms with Crippen LogP contribution in [0.15, 0.2) is 120 Å². The Morgan fingerprint density at radius 2 is 1.63 bits per heavy atom. The summed E-state index contributed by atoms with van der Waals surface area (Å²) in [6.07, 6.45) is 2.71. The van der Waals surface area contributed by atoms with Crippen LogP contribution in [-0.4, -0.2) is 21.6 Å². The molecule has 0 bridgehead atoms. The molecule has 6 aromatic rings. The Morgan fingerprint density at radius 1 is 0.763 bits per heavy atom. The van der Waals surface area contributed by atoms with Gasteiger partial charge in [-0.25, -0.2) is 9.98 Å². The van der Waals surface area contributed by atoms with Crippen molar-refractivity contribution in [1.29, 1.82) is 0 Å². The van der Waals surface area contributed by atoms with Crippen molar-refractivity contribution in [2.24, 2.45) is 4.99 Å². The topological polar surface area (TPSA) is 48.6 Å². The summed E-state index contributed by atoms with van der Waals surface area (Å²) in [5.41, 5.74) is 6.86. The largest absolute Gasteiger partial charge is 0.471 e. The van der Waals surface area contributed by atoms with E-state index >= 15 is 0 Å². The number of para-hydroxylation sites is 1. The normalized spacial score (nSPS) is 17.7. The highest BCUT2D eigenvalue weighted by Crippen LogP contribution is 2.41. The zero-order valence-corrected chi connectivity index (χ0v) is 20.5. The van der Waals surface area contributed by atoms with Crippen LogP contribution < -0.4 is 4.74 Å². The van der Waals surface area contributed by atoms with Gasteiger partial charge in [0.25, 0.3) is 0 Å². The minimum Gasteiger partial charge on any atom is -0.471 e. The van der Waals surface area contributed by atoms with Crippen molar-refractivity contribution < 1.29 is 9.47 Å². The molecule has 0 N–H and O–H groups in total. The number of benzene rings is 4. The molecule has 2 aromatic heterocycles. The summed E-state index contributed by atoms with van der Waals surface area (Å²) in [6.45, 7) is 0. The highest BCUT2D eigenvalue weighted by molar-refractivity contribution is 6.09. The van der Waals surface area contributed by atoms with E-state index in [2.05, 4.69) is 94.5 Å². The first-order chi connectivity index (χ1) is 18.8. The first-order valence-corrected chi connectivity index (χ1v) is 12.9. The maximum absolute atomic E-state index is 6.40. The second-order valence-corrected chi connectivity index (χ2v) is 9.79. The molecule has 0 saturated heterocycles. The lowest BCUT2D eigenvalue weighted by Crippen LogP contribution is -2.13. The number of hydrogen-bond donors (Lipinski definition) is 0. The van der Waals surface area contributed by atoms with E-state index in [0.29, 0.717) is 5.88 Å². The van der Waals surface area contributed by atoms with Gasteiger partial charge in [-0.3, -0.25) is 0 Å². The number of pyridine rings is 1. The quantitative estimate of drug-likeness (QED) is 0.257. The number of fused-ring (bicyclic) bond motifs is 6. The number of aliphatic imine (C=N–C) groups is 1. The first-order valence-electron chi connectivity index (χ1n) is 12.9. The van der Waals surface area contributed by atoms with Crippen molar-refractivity contribution in [3.05, 3.63) is 132 Å². The summed E-state index contributed by atoms with van der Waals surface area (Å²) in [5.74, 6) is 2.03. The smallest absolute Gasteiger partial charge is 0.219 e. The molecule has 0 spiro atoms. The van der Waals surface area contributed by atoms with Crippen LogP contribution in [0, 0.1) is 0 Å². The van der Waals surface area contributed by atoms with Crippen LogP contribution in [-0.2, 0) is 11.2 Å². The average molecular weight is 494 g/mol. The van der Waals surface area contributed by atoms with E-state index in [1.54, 1.807) is 6.20 Å². The van der Waals surface area contributed by atoms with Crippen molar-refractivity contribution in [2.75, 3.05) is 0 Å². The molecular weight excluding hydrogens is 470 g/mol. The molecule has 182 valence electrons. The first kappa shape index (κ1) is 21.2. The molecule has 0 fully saturated rings. The van der Waals surface area contributed by atoms with Crippen LogP contribution in [0.25, 0.3) is 27.5 Å². The van der Waals surface area contributed by atoms with Gasteiger partial charge in [0.05, 0.1) is 11.0 Å². The van der Waals surface area contributed by atoms with Gasteiger partial charge in [-0.1, -0.05) is 54.6 Å². The molecule has 3 heterocycles. The fourth-order valence-corrected chi connectivity index (χ4v) is 5.84. The third kappa shape index (κ3) is 3.32. The van der Waals surface area contributed by atoms with E-state index in [0.717, 1.165) is 40.4 Å². The number of ether oxygens (including phenoxy) is 2. The lowest BCUT2D eigenvalue weighted by atomic mass is 10.1. The Balaban J connectivity index is 1.24. The third-order valence-electron chi connectivity index (χ3n) is 7.52. The van der Waals surface area contributed by atoms with E-state index in [9.17, 15) is 0 Å². The predicted octanol–water partition coefficient (Wildman–Crippen LogP) is 7.41. The Labute approximate surface area is 219 Å². The summed E-state index contributed by atoms with van der Waals surface area (Å²) in [7, 11) is 0. The Bertz CT molecular complexity index is 1870. The summed E-state index contributed by atoms with van der Waals surface area (Å²) in [5, 5.41) is 2.36. The number of hydrogen-bond acceptors (Lipinski definition) is 4. The van der Waals surface area contributed by atoms with Gasteiger partial charge in [0, 0.05) is 46.8 Å². The molecule has 0 amide bonds. The van der Waals surface area contributed by atoms with Crippen molar-refractivity contribution in [2.45, 2.75) is 18.6 Å². The van der Waals surface area contributed by atoms with Crippen LogP contribution in [0.3, 0.4) is 0 Å². The average Bonchev–Trinajstić information content (AvgIpc) is 3.63. The van der Waals surface area contributed by atoms with Gasteiger partial charge in [-0.2, -0.15) is 0 Å². The Kier molecular flexibility index (Phi) is 4.64. The second-order valence-electron chi connectivity index (χ2n) is 9.79. The maximum atomic E-state index is 6.40. The number of rotatable bonds is 4. The van der Waals surface area contributed by atoms with Gasteiger partial charge < -0.3 is 14.0 Å². The minimum absolute atomic E-state index is 0.0735. The lowest BCUT2D eigenvalue weighted by Gasteiger charge is -2.12. The molecule has 0 unspecified atom stereocenters. The molecule has 0 saturated carbocycles. The molecule has 2 aliphatic rings.